The molecule has 0 aromatic carbocycles. The highest BCUT2D eigenvalue weighted by Crippen LogP contribution is 2.19. The number of carbonyl (C=O) groups is 1. The first-order valence-corrected chi connectivity index (χ1v) is 6.42. The second kappa shape index (κ2) is 5.59. The third-order valence-electron chi connectivity index (χ3n) is 2.29. The molecule has 0 radical (unpaired) electrons. The summed E-state index contributed by atoms with van der Waals surface area (Å²) in [6.45, 7) is 2.13. The van der Waals surface area contributed by atoms with Gasteiger partial charge in [-0.1, -0.05) is 19.4 Å². The average Bonchev–Trinajstić information content (AvgIpc) is 2.79. The van der Waals surface area contributed by atoms with E-state index in [-0.39, 0.29) is 5.91 Å². The van der Waals surface area contributed by atoms with Crippen LogP contribution in [0.4, 0.5) is 5.82 Å². The fourth-order valence-electron chi connectivity index (χ4n) is 1.50. The molecule has 0 aliphatic heterocycles. The largest absolute Gasteiger partial charge is 0.306 e. The number of anilines is 1. The molecule has 2 heterocycles. The number of pyridine rings is 1. The lowest BCUT2D eigenvalue weighted by atomic mass is 10.3. The Labute approximate surface area is 105 Å². The van der Waals surface area contributed by atoms with Crippen LogP contribution in [0.2, 0.25) is 0 Å². The van der Waals surface area contributed by atoms with E-state index < -0.39 is 0 Å². The van der Waals surface area contributed by atoms with Gasteiger partial charge < -0.3 is 5.32 Å². The van der Waals surface area contributed by atoms with Crippen LogP contribution in [-0.4, -0.2) is 10.9 Å². The summed E-state index contributed by atoms with van der Waals surface area (Å²) in [5.74, 6) is 0.499. The van der Waals surface area contributed by atoms with Gasteiger partial charge in [0.05, 0.1) is 4.88 Å². The minimum absolute atomic E-state index is 0.0870. The number of aryl methyl sites for hydroxylation is 1. The van der Waals surface area contributed by atoms with E-state index >= 15 is 0 Å². The van der Waals surface area contributed by atoms with E-state index in [1.165, 1.54) is 4.88 Å². The van der Waals surface area contributed by atoms with Crippen LogP contribution in [0.3, 0.4) is 0 Å². The van der Waals surface area contributed by atoms with Crippen molar-refractivity contribution in [1.29, 1.82) is 0 Å². The molecule has 0 aliphatic carbocycles. The van der Waals surface area contributed by atoms with Crippen molar-refractivity contribution < 1.29 is 4.79 Å². The van der Waals surface area contributed by atoms with Crippen molar-refractivity contribution in [1.82, 2.24) is 4.98 Å². The van der Waals surface area contributed by atoms with Gasteiger partial charge in [-0.2, -0.15) is 0 Å². The van der Waals surface area contributed by atoms with Crippen LogP contribution in [0.25, 0.3) is 0 Å². The van der Waals surface area contributed by atoms with Crippen LogP contribution >= 0.6 is 11.3 Å². The van der Waals surface area contributed by atoms with Crippen molar-refractivity contribution in [3.8, 4) is 0 Å². The number of thiophene rings is 1. The zero-order chi connectivity index (χ0) is 12.1. The second-order valence-corrected chi connectivity index (χ2v) is 4.85. The highest BCUT2D eigenvalue weighted by atomic mass is 32.1. The lowest BCUT2D eigenvalue weighted by molar-refractivity contribution is 0.103. The van der Waals surface area contributed by atoms with Gasteiger partial charge in [-0.15, -0.1) is 11.3 Å². The van der Waals surface area contributed by atoms with Crippen molar-refractivity contribution in [2.45, 2.75) is 19.8 Å². The Hall–Kier alpha value is -1.68. The standard InChI is InChI=1S/C13H14N2OS/c1-2-5-10-7-8-11(17-10)13(16)15-12-6-3-4-9-14-12/h3-4,6-9H,2,5H2,1H3,(H,14,15,16). The number of hydrogen-bond donors (Lipinski definition) is 1. The number of nitrogens with one attached hydrogen (secondary N) is 1. The minimum atomic E-state index is -0.0870. The molecular formula is C13H14N2OS. The summed E-state index contributed by atoms with van der Waals surface area (Å²) in [5.41, 5.74) is 0. The summed E-state index contributed by atoms with van der Waals surface area (Å²) in [4.78, 5) is 17.9. The molecule has 0 fully saturated rings. The predicted molar refractivity (Wildman–Crippen MR) is 70.5 cm³/mol. The topological polar surface area (TPSA) is 42.0 Å². The molecule has 2 aromatic heterocycles. The zero-order valence-corrected chi connectivity index (χ0v) is 10.5. The van der Waals surface area contributed by atoms with Crippen LogP contribution in [0.15, 0.2) is 36.5 Å². The van der Waals surface area contributed by atoms with E-state index in [2.05, 4.69) is 17.2 Å². The Kier molecular flexibility index (Phi) is 3.88. The maximum atomic E-state index is 11.9. The van der Waals surface area contributed by atoms with E-state index in [0.29, 0.717) is 5.82 Å². The molecule has 3 nitrogen and oxygen atoms in total. The molecule has 2 aromatic rings. The van der Waals surface area contributed by atoms with Gasteiger partial charge in [0.1, 0.15) is 5.82 Å². The van der Waals surface area contributed by atoms with Gasteiger partial charge in [-0.3, -0.25) is 4.79 Å². The Bertz CT molecular complexity index is 493. The lowest BCUT2D eigenvalue weighted by Crippen LogP contribution is -2.10. The van der Waals surface area contributed by atoms with E-state index in [0.717, 1.165) is 17.7 Å². The third-order valence-corrected chi connectivity index (χ3v) is 3.43. The number of aromatic nitrogens is 1. The quantitative estimate of drug-likeness (QED) is 0.899. The maximum absolute atomic E-state index is 11.9. The SMILES string of the molecule is CCCc1ccc(C(=O)Nc2ccccn2)s1. The Balaban J connectivity index is 2.04. The van der Waals surface area contributed by atoms with Gasteiger partial charge in [-0.25, -0.2) is 4.98 Å². The molecule has 1 amide bonds. The van der Waals surface area contributed by atoms with Crippen LogP contribution in [0.5, 0.6) is 0 Å². The maximum Gasteiger partial charge on any atom is 0.266 e. The molecule has 17 heavy (non-hydrogen) atoms. The van der Waals surface area contributed by atoms with Crippen molar-refractivity contribution in [3.63, 3.8) is 0 Å². The number of carbonyl (C=O) groups excluding carboxylic acids is 1. The molecule has 88 valence electrons. The number of hydrogen-bond acceptors (Lipinski definition) is 3. The van der Waals surface area contributed by atoms with Crippen molar-refractivity contribution in [2.75, 3.05) is 5.32 Å². The number of nitrogens with zero attached hydrogens (tertiary/aromatic N) is 1. The molecule has 1 N–H and O–H groups in total. The molecule has 0 saturated heterocycles. The summed E-state index contributed by atoms with van der Waals surface area (Å²) in [5, 5.41) is 2.77. The first-order valence-electron chi connectivity index (χ1n) is 5.60. The van der Waals surface area contributed by atoms with Crippen molar-refractivity contribution in [2.24, 2.45) is 0 Å². The Morgan fingerprint density at radius 2 is 2.24 bits per heavy atom. The predicted octanol–water partition coefficient (Wildman–Crippen LogP) is 3.35. The summed E-state index contributed by atoms with van der Waals surface area (Å²) in [6, 6.07) is 9.33. The molecule has 0 saturated carbocycles. The molecule has 4 heteroatoms. The number of amides is 1. The first kappa shape index (κ1) is 11.8. The molecular weight excluding hydrogens is 232 g/mol. The van der Waals surface area contributed by atoms with Crippen LogP contribution in [-0.2, 0) is 6.42 Å². The summed E-state index contributed by atoms with van der Waals surface area (Å²) in [6.07, 6.45) is 3.79. The van der Waals surface area contributed by atoms with Gasteiger partial charge in [0.25, 0.3) is 5.91 Å². The van der Waals surface area contributed by atoms with Crippen molar-refractivity contribution in [3.05, 3.63) is 46.3 Å². The molecule has 0 aliphatic rings. The highest BCUT2D eigenvalue weighted by molar-refractivity contribution is 7.14. The fraction of sp³-hybridized carbons (Fsp3) is 0.231. The zero-order valence-electron chi connectivity index (χ0n) is 9.64. The molecule has 0 unspecified atom stereocenters. The van der Waals surface area contributed by atoms with E-state index in [1.54, 1.807) is 23.6 Å². The van der Waals surface area contributed by atoms with E-state index in [1.807, 2.05) is 24.3 Å². The summed E-state index contributed by atoms with van der Waals surface area (Å²) < 4.78 is 0. The van der Waals surface area contributed by atoms with Gasteiger partial charge >= 0.3 is 0 Å². The fourth-order valence-corrected chi connectivity index (χ4v) is 2.50. The normalized spacial score (nSPS) is 10.2. The summed E-state index contributed by atoms with van der Waals surface area (Å²) in [7, 11) is 0. The Morgan fingerprint density at radius 3 is 2.94 bits per heavy atom. The monoisotopic (exact) mass is 246 g/mol. The minimum Gasteiger partial charge on any atom is -0.306 e. The lowest BCUT2D eigenvalue weighted by Gasteiger charge is -2.01. The van der Waals surface area contributed by atoms with Crippen LogP contribution in [0.1, 0.15) is 27.9 Å². The van der Waals surface area contributed by atoms with Crippen LogP contribution in [0, 0.1) is 0 Å². The second-order valence-electron chi connectivity index (χ2n) is 3.69. The molecule has 0 atom stereocenters. The molecule has 0 spiro atoms. The van der Waals surface area contributed by atoms with Gasteiger partial charge in [0, 0.05) is 11.1 Å². The number of rotatable bonds is 4. The highest BCUT2D eigenvalue weighted by Gasteiger charge is 2.09. The third kappa shape index (κ3) is 3.14. The van der Waals surface area contributed by atoms with E-state index in [4.69, 9.17) is 0 Å². The Morgan fingerprint density at radius 1 is 1.35 bits per heavy atom. The van der Waals surface area contributed by atoms with Crippen molar-refractivity contribution >= 4 is 23.1 Å². The van der Waals surface area contributed by atoms with Gasteiger partial charge in [0.15, 0.2) is 0 Å². The first-order chi connectivity index (χ1) is 8.29. The van der Waals surface area contributed by atoms with Gasteiger partial charge in [-0.05, 0) is 30.7 Å². The molecule has 0 bridgehead atoms. The smallest absolute Gasteiger partial charge is 0.266 e. The van der Waals surface area contributed by atoms with Gasteiger partial charge in [0.2, 0.25) is 0 Å². The molecule has 2 rings (SSSR count). The van der Waals surface area contributed by atoms with Crippen LogP contribution < -0.4 is 5.32 Å². The average molecular weight is 246 g/mol. The summed E-state index contributed by atoms with van der Waals surface area (Å²) >= 11 is 1.54. The van der Waals surface area contributed by atoms with E-state index in [9.17, 15) is 4.79 Å².